The lowest BCUT2D eigenvalue weighted by atomic mass is 9.44. The highest BCUT2D eigenvalue weighted by atomic mass is 16.7. The lowest BCUT2D eigenvalue weighted by Crippen LogP contribution is -2.59. The number of nitrogens with one attached hydrogen (secondary N) is 1. The molecule has 4 aliphatic carbocycles. The Morgan fingerprint density at radius 2 is 1.85 bits per heavy atom. The van der Waals surface area contributed by atoms with Crippen LogP contribution in [0.5, 0.6) is 0 Å². The van der Waals surface area contributed by atoms with E-state index in [9.17, 15) is 14.4 Å². The first-order valence-electron chi connectivity index (χ1n) is 15.2. The number of amides is 2. The Labute approximate surface area is 235 Å². The molecule has 2 amide bonds. The summed E-state index contributed by atoms with van der Waals surface area (Å²) in [6.45, 7) is 8.83. The van der Waals surface area contributed by atoms with Gasteiger partial charge in [0.2, 0.25) is 0 Å². The summed E-state index contributed by atoms with van der Waals surface area (Å²) in [6.07, 6.45) is 8.48. The van der Waals surface area contributed by atoms with Crippen molar-refractivity contribution in [2.24, 2.45) is 28.6 Å². The van der Waals surface area contributed by atoms with Crippen LogP contribution in [0.25, 0.3) is 0 Å². The minimum Gasteiger partial charge on any atom is -0.459 e. The summed E-state index contributed by atoms with van der Waals surface area (Å²) < 4.78 is 23.4. The van der Waals surface area contributed by atoms with Crippen LogP contribution in [0.3, 0.4) is 0 Å². The number of nitrogens with zero attached hydrogens (tertiary/aromatic N) is 1. The van der Waals surface area contributed by atoms with Gasteiger partial charge in [0.1, 0.15) is 17.8 Å². The summed E-state index contributed by atoms with van der Waals surface area (Å²) in [5.74, 6) is 1.13. The lowest BCUT2D eigenvalue weighted by molar-refractivity contribution is -0.156. The van der Waals surface area contributed by atoms with Crippen LogP contribution in [0, 0.1) is 28.6 Å². The first-order valence-corrected chi connectivity index (χ1v) is 15.2. The molecule has 0 unspecified atom stereocenters. The van der Waals surface area contributed by atoms with E-state index in [1.807, 2.05) is 11.0 Å². The molecular formula is C31H42N2O7. The molecule has 1 aromatic heterocycles. The van der Waals surface area contributed by atoms with Crippen molar-refractivity contribution in [1.29, 1.82) is 0 Å². The van der Waals surface area contributed by atoms with E-state index in [-0.39, 0.29) is 58.2 Å². The molecule has 7 rings (SSSR count). The minimum atomic E-state index is -0.384. The number of urea groups is 1. The molecule has 0 radical (unpaired) electrons. The van der Waals surface area contributed by atoms with Crippen molar-refractivity contribution in [2.45, 2.75) is 95.5 Å². The second kappa shape index (κ2) is 9.31. The predicted octanol–water partition coefficient (Wildman–Crippen LogP) is 3.85. The van der Waals surface area contributed by atoms with Crippen LogP contribution in [-0.4, -0.2) is 67.1 Å². The van der Waals surface area contributed by atoms with Gasteiger partial charge in [0.05, 0.1) is 19.5 Å². The summed E-state index contributed by atoms with van der Waals surface area (Å²) in [6, 6.07) is 3.58. The summed E-state index contributed by atoms with van der Waals surface area (Å²) in [4.78, 5) is 38.8. The number of rotatable bonds is 3. The molecule has 2 aliphatic heterocycles. The Kier molecular flexibility index (Phi) is 6.17. The number of carbonyl (C=O) groups is 2. The van der Waals surface area contributed by atoms with Gasteiger partial charge >= 0.3 is 17.6 Å². The van der Waals surface area contributed by atoms with Gasteiger partial charge in [-0.3, -0.25) is 4.79 Å². The van der Waals surface area contributed by atoms with Crippen molar-refractivity contribution in [2.75, 3.05) is 26.3 Å². The van der Waals surface area contributed by atoms with Crippen molar-refractivity contribution in [1.82, 2.24) is 10.2 Å². The van der Waals surface area contributed by atoms with Crippen LogP contribution < -0.4 is 10.9 Å². The monoisotopic (exact) mass is 554 g/mol. The second-order valence-corrected chi connectivity index (χ2v) is 13.7. The van der Waals surface area contributed by atoms with E-state index in [1.54, 1.807) is 6.26 Å². The van der Waals surface area contributed by atoms with Crippen LogP contribution in [0.1, 0.15) is 77.2 Å². The molecule has 1 N–H and O–H groups in total. The van der Waals surface area contributed by atoms with Gasteiger partial charge in [-0.05, 0) is 79.7 Å². The van der Waals surface area contributed by atoms with E-state index < -0.39 is 0 Å². The average molecular weight is 555 g/mol. The first-order chi connectivity index (χ1) is 19.2. The molecule has 2 saturated heterocycles. The van der Waals surface area contributed by atoms with Crippen LogP contribution >= 0.6 is 0 Å². The Hall–Kier alpha value is -2.39. The van der Waals surface area contributed by atoms with Gasteiger partial charge in [0, 0.05) is 43.5 Å². The fourth-order valence-electron chi connectivity index (χ4n) is 10.3. The predicted molar refractivity (Wildman–Crippen MR) is 145 cm³/mol. The van der Waals surface area contributed by atoms with Crippen LogP contribution in [0.2, 0.25) is 0 Å². The first kappa shape index (κ1) is 26.5. The number of carbonyl (C=O) groups excluding carboxylic acids is 2. The Morgan fingerprint density at radius 3 is 2.58 bits per heavy atom. The molecule has 4 saturated carbocycles. The Morgan fingerprint density at radius 1 is 1.05 bits per heavy atom. The van der Waals surface area contributed by atoms with Gasteiger partial charge in [-0.2, -0.15) is 0 Å². The quantitative estimate of drug-likeness (QED) is 0.446. The van der Waals surface area contributed by atoms with E-state index >= 15 is 0 Å². The van der Waals surface area contributed by atoms with Crippen LogP contribution in [-0.2, 0) is 19.0 Å². The van der Waals surface area contributed by atoms with Gasteiger partial charge in [0.25, 0.3) is 0 Å². The normalized spacial score (nSPS) is 45.4. The molecule has 0 bridgehead atoms. The van der Waals surface area contributed by atoms with Crippen molar-refractivity contribution in [3.8, 4) is 0 Å². The SMILES string of the molecule is CC(=O)O[C@H]1[C@H]2O[C@]23[C@@H]2CC[C@@H]4C[C@@H](NC(=O)N5CCOCC5)CC[C@]4(C)[C@H]2CC[C@]3(C)[C@H]1c1ccc(=O)oc1. The summed E-state index contributed by atoms with van der Waals surface area (Å²) >= 11 is 0. The third-order valence-corrected chi connectivity index (χ3v) is 12.1. The number of hydrogen-bond acceptors (Lipinski definition) is 7. The zero-order valence-corrected chi connectivity index (χ0v) is 23.9. The van der Waals surface area contributed by atoms with Crippen molar-refractivity contribution in [3.05, 3.63) is 34.4 Å². The third kappa shape index (κ3) is 3.75. The fourth-order valence-corrected chi connectivity index (χ4v) is 10.3. The van der Waals surface area contributed by atoms with E-state index in [4.69, 9.17) is 18.6 Å². The molecule has 0 aromatic carbocycles. The van der Waals surface area contributed by atoms with E-state index in [0.717, 1.165) is 50.5 Å². The number of ether oxygens (including phenoxy) is 3. The average Bonchev–Trinajstić information content (AvgIpc) is 3.64. The largest absolute Gasteiger partial charge is 0.459 e. The summed E-state index contributed by atoms with van der Waals surface area (Å²) in [5.41, 5.74) is 0.194. The highest BCUT2D eigenvalue weighted by Gasteiger charge is 2.84. The van der Waals surface area contributed by atoms with Crippen molar-refractivity contribution >= 4 is 12.0 Å². The maximum Gasteiger partial charge on any atom is 0.335 e. The molecule has 6 aliphatic rings. The summed E-state index contributed by atoms with van der Waals surface area (Å²) in [5, 5.41) is 3.35. The Balaban J connectivity index is 1.12. The topological polar surface area (TPSA) is 111 Å². The highest BCUT2D eigenvalue weighted by molar-refractivity contribution is 5.74. The third-order valence-electron chi connectivity index (χ3n) is 12.1. The van der Waals surface area contributed by atoms with Gasteiger partial charge < -0.3 is 28.8 Å². The molecule has 1 spiro atoms. The van der Waals surface area contributed by atoms with E-state index in [2.05, 4.69) is 19.2 Å². The molecule has 40 heavy (non-hydrogen) atoms. The zero-order valence-electron chi connectivity index (χ0n) is 23.9. The van der Waals surface area contributed by atoms with Gasteiger partial charge in [-0.15, -0.1) is 0 Å². The number of fused-ring (bicyclic) bond motifs is 3. The maximum absolute atomic E-state index is 12.9. The highest BCUT2D eigenvalue weighted by Crippen LogP contribution is 2.78. The summed E-state index contributed by atoms with van der Waals surface area (Å²) in [7, 11) is 0. The molecule has 10 atom stereocenters. The molecule has 9 nitrogen and oxygen atoms in total. The smallest absolute Gasteiger partial charge is 0.335 e. The zero-order chi connectivity index (χ0) is 27.9. The Bertz CT molecular complexity index is 1220. The van der Waals surface area contributed by atoms with Gasteiger partial charge in [0.15, 0.2) is 0 Å². The number of morpholine rings is 1. The number of esters is 1. The standard InChI is InChI=1S/C31H42N2O7/c1-18(34)39-26-25(19-4-7-24(35)38-17-19)30(3)11-9-22-23(31(30)27(26)40-31)6-5-20-16-21(8-10-29(20,22)2)32-28(36)33-12-14-37-15-13-33/h4,7,17,20-23,25-27H,5-6,8-16H2,1-3H3,(H,32,36)/t20-,21+,22+,23-,25+,26-,27-,29+,30-,31-/m1/s1. The van der Waals surface area contributed by atoms with Crippen LogP contribution in [0.4, 0.5) is 4.79 Å². The second-order valence-electron chi connectivity index (χ2n) is 13.7. The van der Waals surface area contributed by atoms with E-state index in [0.29, 0.717) is 44.1 Å². The van der Waals surface area contributed by atoms with Gasteiger partial charge in [-0.25, -0.2) is 9.59 Å². The number of hydrogen-bond donors (Lipinski definition) is 1. The number of epoxide rings is 1. The molecule has 3 heterocycles. The molecule has 6 fully saturated rings. The van der Waals surface area contributed by atoms with Gasteiger partial charge in [-0.1, -0.05) is 13.8 Å². The molecule has 9 heteroatoms. The molecular weight excluding hydrogens is 512 g/mol. The fraction of sp³-hybridized carbons (Fsp3) is 0.774. The van der Waals surface area contributed by atoms with Crippen molar-refractivity contribution in [3.63, 3.8) is 0 Å². The van der Waals surface area contributed by atoms with E-state index in [1.165, 1.54) is 13.0 Å². The van der Waals surface area contributed by atoms with Crippen molar-refractivity contribution < 1.29 is 28.2 Å². The van der Waals surface area contributed by atoms with Crippen LogP contribution in [0.15, 0.2) is 27.6 Å². The lowest BCUT2D eigenvalue weighted by Gasteiger charge is -2.61. The minimum absolute atomic E-state index is 0.0531. The molecule has 218 valence electrons. The molecule has 1 aromatic rings. The maximum atomic E-state index is 12.9.